The number of nitrogens with zero attached hydrogens (tertiary/aromatic N) is 2. The van der Waals surface area contributed by atoms with Crippen molar-refractivity contribution < 1.29 is 0 Å². The number of aromatic nitrogens is 1. The molecule has 1 heterocycles. The molecule has 0 aliphatic carbocycles. The van der Waals surface area contributed by atoms with Gasteiger partial charge in [0.1, 0.15) is 5.82 Å². The predicted molar refractivity (Wildman–Crippen MR) is 69.7 cm³/mol. The molecule has 2 N–H and O–H groups in total. The van der Waals surface area contributed by atoms with Crippen molar-refractivity contribution >= 4 is 5.82 Å². The third-order valence-corrected chi connectivity index (χ3v) is 2.63. The first-order valence-corrected chi connectivity index (χ1v) is 6.13. The Kier molecular flexibility index (Phi) is 5.26. The standard InChI is InChI=1S/C13H23N3/c1-4-6-16(7-5-2)13-11(3)8-12(9-14)10-15-13/h8,10H,4-7,9,14H2,1-3H3. The van der Waals surface area contributed by atoms with Gasteiger partial charge < -0.3 is 10.6 Å². The van der Waals surface area contributed by atoms with Crippen LogP contribution in [-0.4, -0.2) is 18.1 Å². The molecule has 1 rings (SSSR count). The molecule has 0 saturated heterocycles. The summed E-state index contributed by atoms with van der Waals surface area (Å²) in [4.78, 5) is 6.89. The van der Waals surface area contributed by atoms with Crippen LogP contribution in [-0.2, 0) is 6.54 Å². The normalized spacial score (nSPS) is 10.5. The number of pyridine rings is 1. The number of rotatable bonds is 6. The fourth-order valence-electron chi connectivity index (χ4n) is 1.93. The van der Waals surface area contributed by atoms with Gasteiger partial charge in [0.05, 0.1) is 0 Å². The van der Waals surface area contributed by atoms with Crippen LogP contribution in [0.25, 0.3) is 0 Å². The Hall–Kier alpha value is -1.09. The van der Waals surface area contributed by atoms with Crippen LogP contribution >= 0.6 is 0 Å². The molecule has 0 aliphatic rings. The molecule has 0 radical (unpaired) electrons. The molecule has 3 nitrogen and oxygen atoms in total. The first-order valence-electron chi connectivity index (χ1n) is 6.13. The molecule has 16 heavy (non-hydrogen) atoms. The average Bonchev–Trinajstić information content (AvgIpc) is 2.29. The highest BCUT2D eigenvalue weighted by atomic mass is 15.2. The molecule has 90 valence electrons. The van der Waals surface area contributed by atoms with Crippen molar-refractivity contribution in [2.75, 3.05) is 18.0 Å². The van der Waals surface area contributed by atoms with Crippen LogP contribution in [0.15, 0.2) is 12.3 Å². The largest absolute Gasteiger partial charge is 0.356 e. The minimum Gasteiger partial charge on any atom is -0.356 e. The molecule has 0 fully saturated rings. The third kappa shape index (κ3) is 3.20. The zero-order valence-corrected chi connectivity index (χ0v) is 10.7. The minimum atomic E-state index is 0.565. The summed E-state index contributed by atoms with van der Waals surface area (Å²) in [6, 6.07) is 2.14. The molecule has 0 aromatic carbocycles. The second-order valence-electron chi connectivity index (χ2n) is 4.18. The van der Waals surface area contributed by atoms with Gasteiger partial charge in [0.15, 0.2) is 0 Å². The van der Waals surface area contributed by atoms with Crippen molar-refractivity contribution in [1.29, 1.82) is 0 Å². The predicted octanol–water partition coefficient (Wildman–Crippen LogP) is 2.48. The van der Waals surface area contributed by atoms with Gasteiger partial charge in [-0.1, -0.05) is 13.8 Å². The van der Waals surface area contributed by atoms with E-state index in [4.69, 9.17) is 5.73 Å². The smallest absolute Gasteiger partial charge is 0.131 e. The molecule has 0 saturated carbocycles. The van der Waals surface area contributed by atoms with Crippen LogP contribution in [0.3, 0.4) is 0 Å². The Morgan fingerprint density at radius 2 is 1.88 bits per heavy atom. The van der Waals surface area contributed by atoms with E-state index in [1.165, 1.54) is 5.56 Å². The lowest BCUT2D eigenvalue weighted by Gasteiger charge is -2.24. The average molecular weight is 221 g/mol. The Morgan fingerprint density at radius 3 is 2.31 bits per heavy atom. The molecule has 3 heteroatoms. The number of nitrogens with two attached hydrogens (primary N) is 1. The first kappa shape index (κ1) is 13.0. The monoisotopic (exact) mass is 221 g/mol. The van der Waals surface area contributed by atoms with Crippen molar-refractivity contribution in [2.45, 2.75) is 40.2 Å². The van der Waals surface area contributed by atoms with Crippen LogP contribution < -0.4 is 10.6 Å². The Labute approximate surface area is 98.7 Å². The first-order chi connectivity index (χ1) is 7.72. The SMILES string of the molecule is CCCN(CCC)c1ncc(CN)cc1C. The maximum absolute atomic E-state index is 5.61. The van der Waals surface area contributed by atoms with Gasteiger partial charge in [-0.05, 0) is 37.0 Å². The van der Waals surface area contributed by atoms with Crippen molar-refractivity contribution in [3.05, 3.63) is 23.4 Å². The number of hydrogen-bond acceptors (Lipinski definition) is 3. The van der Waals surface area contributed by atoms with E-state index < -0.39 is 0 Å². The van der Waals surface area contributed by atoms with E-state index >= 15 is 0 Å². The zero-order valence-electron chi connectivity index (χ0n) is 10.7. The van der Waals surface area contributed by atoms with Gasteiger partial charge in [0.2, 0.25) is 0 Å². The molecule has 0 spiro atoms. The van der Waals surface area contributed by atoms with Crippen LogP contribution in [0.5, 0.6) is 0 Å². The van der Waals surface area contributed by atoms with Crippen LogP contribution in [0.2, 0.25) is 0 Å². The highest BCUT2D eigenvalue weighted by molar-refractivity contribution is 5.47. The highest BCUT2D eigenvalue weighted by Gasteiger charge is 2.09. The lowest BCUT2D eigenvalue weighted by Crippen LogP contribution is -2.26. The molecule has 0 amide bonds. The van der Waals surface area contributed by atoms with E-state index in [1.54, 1.807) is 0 Å². The Morgan fingerprint density at radius 1 is 1.25 bits per heavy atom. The molecular weight excluding hydrogens is 198 g/mol. The minimum absolute atomic E-state index is 0.565. The van der Waals surface area contributed by atoms with E-state index in [1.807, 2.05) is 6.20 Å². The van der Waals surface area contributed by atoms with E-state index in [2.05, 4.69) is 36.7 Å². The van der Waals surface area contributed by atoms with Gasteiger partial charge in [-0.2, -0.15) is 0 Å². The summed E-state index contributed by atoms with van der Waals surface area (Å²) >= 11 is 0. The topological polar surface area (TPSA) is 42.2 Å². The fraction of sp³-hybridized carbons (Fsp3) is 0.615. The fourth-order valence-corrected chi connectivity index (χ4v) is 1.93. The summed E-state index contributed by atoms with van der Waals surface area (Å²) < 4.78 is 0. The van der Waals surface area contributed by atoms with E-state index in [-0.39, 0.29) is 0 Å². The van der Waals surface area contributed by atoms with Crippen molar-refractivity contribution in [3.8, 4) is 0 Å². The van der Waals surface area contributed by atoms with Crippen molar-refractivity contribution in [3.63, 3.8) is 0 Å². The summed E-state index contributed by atoms with van der Waals surface area (Å²) in [5.41, 5.74) is 7.94. The quantitative estimate of drug-likeness (QED) is 0.802. The highest BCUT2D eigenvalue weighted by Crippen LogP contribution is 2.18. The van der Waals surface area contributed by atoms with Crippen LogP contribution in [0.1, 0.15) is 37.8 Å². The molecular formula is C13H23N3. The Bertz CT molecular complexity index is 317. The maximum atomic E-state index is 5.61. The van der Waals surface area contributed by atoms with Gasteiger partial charge in [0.25, 0.3) is 0 Å². The van der Waals surface area contributed by atoms with Gasteiger partial charge in [-0.25, -0.2) is 4.98 Å². The van der Waals surface area contributed by atoms with Crippen molar-refractivity contribution in [2.24, 2.45) is 5.73 Å². The second kappa shape index (κ2) is 6.48. The number of anilines is 1. The molecule has 0 unspecified atom stereocenters. The lowest BCUT2D eigenvalue weighted by atomic mass is 10.2. The summed E-state index contributed by atoms with van der Waals surface area (Å²) in [5, 5.41) is 0. The van der Waals surface area contributed by atoms with Gasteiger partial charge in [0, 0.05) is 25.8 Å². The summed E-state index contributed by atoms with van der Waals surface area (Å²) in [5.74, 6) is 1.11. The van der Waals surface area contributed by atoms with E-state index in [0.717, 1.165) is 37.3 Å². The van der Waals surface area contributed by atoms with Gasteiger partial charge in [-0.3, -0.25) is 0 Å². The lowest BCUT2D eigenvalue weighted by molar-refractivity contribution is 0.730. The zero-order chi connectivity index (χ0) is 12.0. The molecule has 1 aromatic rings. The van der Waals surface area contributed by atoms with E-state index in [9.17, 15) is 0 Å². The van der Waals surface area contributed by atoms with Crippen LogP contribution in [0, 0.1) is 6.92 Å². The molecule has 0 atom stereocenters. The van der Waals surface area contributed by atoms with E-state index in [0.29, 0.717) is 6.54 Å². The second-order valence-corrected chi connectivity index (χ2v) is 4.18. The Balaban J connectivity index is 2.90. The van der Waals surface area contributed by atoms with Gasteiger partial charge in [-0.15, -0.1) is 0 Å². The molecule has 0 bridgehead atoms. The maximum Gasteiger partial charge on any atom is 0.131 e. The van der Waals surface area contributed by atoms with Crippen molar-refractivity contribution in [1.82, 2.24) is 4.98 Å². The third-order valence-electron chi connectivity index (χ3n) is 2.63. The van der Waals surface area contributed by atoms with Crippen LogP contribution in [0.4, 0.5) is 5.82 Å². The number of aryl methyl sites for hydroxylation is 1. The number of hydrogen-bond donors (Lipinski definition) is 1. The summed E-state index contributed by atoms with van der Waals surface area (Å²) in [6.07, 6.45) is 4.19. The molecule has 1 aromatic heterocycles. The summed E-state index contributed by atoms with van der Waals surface area (Å²) in [7, 11) is 0. The molecule has 0 aliphatic heterocycles. The van der Waals surface area contributed by atoms with Gasteiger partial charge >= 0.3 is 0 Å². The summed E-state index contributed by atoms with van der Waals surface area (Å²) in [6.45, 7) is 9.22.